The van der Waals surface area contributed by atoms with Crippen molar-refractivity contribution in [2.75, 3.05) is 7.11 Å². The summed E-state index contributed by atoms with van der Waals surface area (Å²) in [7, 11) is 1.76. The van der Waals surface area contributed by atoms with Crippen molar-refractivity contribution in [1.82, 2.24) is 0 Å². The second kappa shape index (κ2) is 7.93. The van der Waals surface area contributed by atoms with E-state index in [1.165, 1.54) is 60.4 Å². The monoisotopic (exact) mass is 432 g/mol. The molecule has 3 heteroatoms. The van der Waals surface area contributed by atoms with E-state index in [9.17, 15) is 4.79 Å². The van der Waals surface area contributed by atoms with Crippen molar-refractivity contribution in [2.45, 2.75) is 72.1 Å². The van der Waals surface area contributed by atoms with Gasteiger partial charge in [0.15, 0.2) is 0 Å². The van der Waals surface area contributed by atoms with Crippen molar-refractivity contribution in [3.8, 4) is 11.5 Å². The molecule has 4 bridgehead atoms. The van der Waals surface area contributed by atoms with Crippen LogP contribution in [0.3, 0.4) is 0 Å². The van der Waals surface area contributed by atoms with Crippen LogP contribution < -0.4 is 9.47 Å². The highest BCUT2D eigenvalue weighted by Gasteiger charge is 2.54. The molecule has 170 valence electrons. The Labute approximate surface area is 192 Å². The largest absolute Gasteiger partial charge is 0.497 e. The first kappa shape index (κ1) is 21.6. The molecule has 0 saturated heterocycles. The predicted octanol–water partition coefficient (Wildman–Crippen LogP) is 6.79. The minimum absolute atomic E-state index is 0.249. The fourth-order valence-corrected chi connectivity index (χ4v) is 8.09. The Morgan fingerprint density at radius 1 is 0.688 bits per heavy atom. The fourth-order valence-electron chi connectivity index (χ4n) is 8.09. The first-order chi connectivity index (χ1) is 15.3. The van der Waals surface area contributed by atoms with Crippen LogP contribution in [0.15, 0.2) is 24.3 Å². The molecule has 0 radical (unpaired) electrons. The first-order valence-electron chi connectivity index (χ1n) is 12.2. The van der Waals surface area contributed by atoms with E-state index in [1.807, 2.05) is 0 Å². The Morgan fingerprint density at radius 3 is 1.34 bits per heavy atom. The molecular weight excluding hydrogens is 396 g/mol. The molecule has 0 spiro atoms. The topological polar surface area (TPSA) is 35.5 Å². The van der Waals surface area contributed by atoms with Gasteiger partial charge in [0.1, 0.15) is 11.5 Å². The lowest BCUT2D eigenvalue weighted by molar-refractivity contribution is -0.131. The summed E-state index contributed by atoms with van der Waals surface area (Å²) in [6.07, 6.45) is 5.38. The highest BCUT2D eigenvalue weighted by molar-refractivity contribution is 5.69. The summed E-state index contributed by atoms with van der Waals surface area (Å²) in [6, 6.07) is 8.60. The van der Waals surface area contributed by atoms with Crippen molar-refractivity contribution in [3.05, 3.63) is 57.6 Å². The number of carbonyl (C=O) groups excluding carboxylic acids is 1. The highest BCUT2D eigenvalue weighted by Crippen LogP contribution is 2.65. The van der Waals surface area contributed by atoms with Crippen LogP contribution in [0.1, 0.15) is 77.8 Å². The van der Waals surface area contributed by atoms with Crippen molar-refractivity contribution >= 4 is 5.97 Å². The van der Waals surface area contributed by atoms with Gasteiger partial charge in [0, 0.05) is 6.92 Å². The van der Waals surface area contributed by atoms with Gasteiger partial charge >= 0.3 is 5.97 Å². The SMILES string of the molecule is COc1cc(C)c(C2C3CC4CC2CC(C3)C4c2c(C)cc(OC(C)=O)cc2C)c(C)c1. The second-order valence-corrected chi connectivity index (χ2v) is 10.8. The Kier molecular flexibility index (Phi) is 5.34. The summed E-state index contributed by atoms with van der Waals surface area (Å²) in [5, 5.41) is 0. The van der Waals surface area contributed by atoms with Gasteiger partial charge in [-0.05, 0) is 147 Å². The highest BCUT2D eigenvalue weighted by atomic mass is 16.5. The summed E-state index contributed by atoms with van der Waals surface area (Å²) in [4.78, 5) is 11.4. The van der Waals surface area contributed by atoms with Gasteiger partial charge in [0.2, 0.25) is 0 Å². The van der Waals surface area contributed by atoms with E-state index in [1.54, 1.807) is 12.7 Å². The molecule has 4 aliphatic rings. The minimum atomic E-state index is -0.249. The zero-order valence-corrected chi connectivity index (χ0v) is 20.3. The third-order valence-electron chi connectivity index (χ3n) is 8.75. The van der Waals surface area contributed by atoms with Crippen LogP contribution >= 0.6 is 0 Å². The van der Waals surface area contributed by atoms with Crippen LogP contribution in [0, 0.1) is 51.4 Å². The molecule has 4 fully saturated rings. The zero-order chi connectivity index (χ0) is 22.7. The van der Waals surface area contributed by atoms with Crippen molar-refractivity contribution in [3.63, 3.8) is 0 Å². The van der Waals surface area contributed by atoms with Gasteiger partial charge in [-0.1, -0.05) is 0 Å². The number of esters is 1. The molecule has 4 aliphatic carbocycles. The third kappa shape index (κ3) is 3.45. The Hall–Kier alpha value is -2.29. The molecule has 0 N–H and O–H groups in total. The van der Waals surface area contributed by atoms with Gasteiger partial charge in [-0.2, -0.15) is 0 Å². The lowest BCUT2D eigenvalue weighted by atomic mass is 9.45. The summed E-state index contributed by atoms with van der Waals surface area (Å²) in [5.74, 6) is 5.97. The summed E-state index contributed by atoms with van der Waals surface area (Å²) < 4.78 is 10.9. The minimum Gasteiger partial charge on any atom is -0.497 e. The Balaban J connectivity index is 1.44. The first-order valence-corrected chi connectivity index (χ1v) is 12.2. The van der Waals surface area contributed by atoms with Crippen LogP contribution in [-0.4, -0.2) is 13.1 Å². The van der Waals surface area contributed by atoms with Gasteiger partial charge in [-0.25, -0.2) is 0 Å². The molecule has 0 aliphatic heterocycles. The number of rotatable bonds is 4. The average Bonchev–Trinajstić information content (AvgIpc) is 2.69. The van der Waals surface area contributed by atoms with Gasteiger partial charge < -0.3 is 9.47 Å². The van der Waals surface area contributed by atoms with E-state index in [2.05, 4.69) is 52.0 Å². The van der Waals surface area contributed by atoms with E-state index in [0.29, 0.717) is 17.6 Å². The van der Waals surface area contributed by atoms with Crippen molar-refractivity contribution in [2.24, 2.45) is 23.7 Å². The smallest absolute Gasteiger partial charge is 0.308 e. The van der Waals surface area contributed by atoms with E-state index in [0.717, 1.165) is 29.4 Å². The number of ether oxygens (including phenoxy) is 2. The molecule has 4 saturated carbocycles. The lowest BCUT2D eigenvalue weighted by Crippen LogP contribution is -2.48. The molecule has 0 amide bonds. The maximum atomic E-state index is 11.4. The van der Waals surface area contributed by atoms with Crippen LogP contribution in [0.5, 0.6) is 11.5 Å². The average molecular weight is 433 g/mol. The van der Waals surface area contributed by atoms with E-state index >= 15 is 0 Å². The molecule has 2 aromatic carbocycles. The summed E-state index contributed by atoms with van der Waals surface area (Å²) in [6.45, 7) is 10.4. The molecule has 0 heterocycles. The molecule has 2 aromatic rings. The van der Waals surface area contributed by atoms with Crippen LogP contribution in [0.25, 0.3) is 0 Å². The van der Waals surface area contributed by atoms with Crippen molar-refractivity contribution in [1.29, 1.82) is 0 Å². The van der Waals surface area contributed by atoms with Crippen LogP contribution in [0.2, 0.25) is 0 Å². The van der Waals surface area contributed by atoms with E-state index < -0.39 is 0 Å². The van der Waals surface area contributed by atoms with E-state index in [-0.39, 0.29) is 5.97 Å². The second-order valence-electron chi connectivity index (χ2n) is 10.8. The number of hydrogen-bond acceptors (Lipinski definition) is 3. The lowest BCUT2D eigenvalue weighted by Gasteiger charge is -2.59. The molecule has 0 atom stereocenters. The maximum absolute atomic E-state index is 11.4. The summed E-state index contributed by atoms with van der Waals surface area (Å²) in [5.41, 5.74) is 8.53. The zero-order valence-electron chi connectivity index (χ0n) is 20.3. The number of aryl methyl sites for hydroxylation is 4. The Morgan fingerprint density at radius 2 is 1.03 bits per heavy atom. The van der Waals surface area contributed by atoms with Gasteiger partial charge in [-0.3, -0.25) is 4.79 Å². The van der Waals surface area contributed by atoms with Gasteiger partial charge in [0.05, 0.1) is 7.11 Å². The van der Waals surface area contributed by atoms with Crippen LogP contribution in [0.4, 0.5) is 0 Å². The molecule has 6 rings (SSSR count). The summed E-state index contributed by atoms with van der Waals surface area (Å²) >= 11 is 0. The van der Waals surface area contributed by atoms with E-state index in [4.69, 9.17) is 9.47 Å². The maximum Gasteiger partial charge on any atom is 0.308 e. The number of hydrogen-bond donors (Lipinski definition) is 0. The van der Waals surface area contributed by atoms with Gasteiger partial charge in [0.25, 0.3) is 0 Å². The Bertz CT molecular complexity index is 990. The molecule has 0 aromatic heterocycles. The molecule has 0 unspecified atom stereocenters. The standard InChI is InChI=1S/C29H36O3/c1-15-7-24(31-6)8-16(2)26(15)28-20-11-22-13-21(28)14-23(12-20)29(22)27-17(3)9-25(10-18(27)4)32-19(5)30/h7-10,20-23,28-29H,11-14H2,1-6H3. The predicted molar refractivity (Wildman–Crippen MR) is 128 cm³/mol. The molecule has 32 heavy (non-hydrogen) atoms. The fraction of sp³-hybridized carbons (Fsp3) is 0.552. The molecule has 3 nitrogen and oxygen atoms in total. The third-order valence-corrected chi connectivity index (χ3v) is 8.75. The molecular formula is C29H36O3. The van der Waals surface area contributed by atoms with Crippen molar-refractivity contribution < 1.29 is 14.3 Å². The quantitative estimate of drug-likeness (QED) is 0.394. The normalized spacial score (nSPS) is 30.4. The number of methoxy groups -OCH3 is 1. The van der Waals surface area contributed by atoms with Crippen LogP contribution in [-0.2, 0) is 4.79 Å². The number of benzene rings is 2. The number of carbonyl (C=O) groups is 1. The van der Waals surface area contributed by atoms with Gasteiger partial charge in [-0.15, -0.1) is 0 Å².